The molecule has 1 aromatic rings. The molecule has 0 amide bonds. The van der Waals surface area contributed by atoms with E-state index in [0.717, 1.165) is 5.56 Å². The van der Waals surface area contributed by atoms with E-state index >= 15 is 0 Å². The smallest absolute Gasteiger partial charge is 0.127 e. The van der Waals surface area contributed by atoms with Crippen LogP contribution in [0.4, 0.5) is 0 Å². The van der Waals surface area contributed by atoms with Crippen LogP contribution in [-0.2, 0) is 11.8 Å². The molecule has 0 heterocycles. The number of halogens is 1. The molecule has 1 nitrogen and oxygen atoms in total. The molecule has 0 saturated heterocycles. The summed E-state index contributed by atoms with van der Waals surface area (Å²) in [5.74, 6) is 2.74. The van der Waals surface area contributed by atoms with Crippen LogP contribution < -0.4 is 0 Å². The minimum absolute atomic E-state index is 0.163. The topological polar surface area (TPSA) is 20.2 Å². The molecule has 0 fully saturated rings. The summed E-state index contributed by atoms with van der Waals surface area (Å²) < 4.78 is 0. The van der Waals surface area contributed by atoms with E-state index in [-0.39, 0.29) is 5.41 Å². The lowest BCUT2D eigenvalue weighted by Gasteiger charge is -2.20. The summed E-state index contributed by atoms with van der Waals surface area (Å²) in [7, 11) is 0. The lowest BCUT2D eigenvalue weighted by atomic mass is 9.86. The monoisotopic (exact) mass is 294 g/mol. The molecule has 17 heavy (non-hydrogen) atoms. The van der Waals surface area contributed by atoms with E-state index < -0.39 is 5.60 Å². The maximum Gasteiger partial charge on any atom is 0.127 e. The van der Waals surface area contributed by atoms with E-state index in [1.54, 1.807) is 6.92 Å². The third-order valence-corrected chi connectivity index (χ3v) is 2.88. The molecule has 0 spiro atoms. The number of rotatable bonds is 2. The lowest BCUT2D eigenvalue weighted by Crippen LogP contribution is -2.24. The Bertz CT molecular complexity index is 427. The van der Waals surface area contributed by atoms with Crippen LogP contribution in [0, 0.1) is 10.8 Å². The summed E-state index contributed by atoms with van der Waals surface area (Å²) in [5, 5.41) is 9.99. The van der Waals surface area contributed by atoms with Crippen LogP contribution in [-0.4, -0.2) is 10.7 Å². The second-order valence-electron chi connectivity index (χ2n) is 5.62. The van der Waals surface area contributed by atoms with Gasteiger partial charge in [-0.3, -0.25) is 0 Å². The second-order valence-corrected chi connectivity index (χ2v) is 6.01. The average molecular weight is 295 g/mol. The third-order valence-electron chi connectivity index (χ3n) is 2.68. The van der Waals surface area contributed by atoms with Crippen molar-refractivity contribution in [3.05, 3.63) is 35.4 Å². The fraction of sp³-hybridized carbons (Fsp3) is 0.467. The SMILES string of the molecule is CC(O)(C#CBr)Cc1ccc(C(C)(C)C)cc1. The van der Waals surface area contributed by atoms with Crippen LogP contribution in [0.2, 0.25) is 0 Å². The molecule has 0 saturated carbocycles. The van der Waals surface area contributed by atoms with Crippen molar-refractivity contribution in [1.82, 2.24) is 0 Å². The fourth-order valence-corrected chi connectivity index (χ4v) is 2.09. The van der Waals surface area contributed by atoms with Crippen molar-refractivity contribution in [3.63, 3.8) is 0 Å². The van der Waals surface area contributed by atoms with Gasteiger partial charge in [-0.05, 0) is 28.3 Å². The highest BCUT2D eigenvalue weighted by Crippen LogP contribution is 2.23. The van der Waals surface area contributed by atoms with Gasteiger partial charge in [-0.25, -0.2) is 0 Å². The van der Waals surface area contributed by atoms with Gasteiger partial charge in [-0.1, -0.05) is 51.0 Å². The minimum Gasteiger partial charge on any atom is -0.378 e. The normalized spacial score (nSPS) is 14.7. The Balaban J connectivity index is 2.85. The van der Waals surface area contributed by atoms with Crippen LogP contribution in [0.1, 0.15) is 38.8 Å². The minimum atomic E-state index is -0.979. The van der Waals surface area contributed by atoms with E-state index in [0.29, 0.717) is 6.42 Å². The molecule has 0 aliphatic heterocycles. The molecule has 0 bridgehead atoms. The van der Waals surface area contributed by atoms with E-state index in [1.807, 2.05) is 0 Å². The Hall–Kier alpha value is -0.780. The van der Waals surface area contributed by atoms with Gasteiger partial charge in [0.2, 0.25) is 0 Å². The molecule has 92 valence electrons. The van der Waals surface area contributed by atoms with Crippen LogP contribution >= 0.6 is 15.9 Å². The largest absolute Gasteiger partial charge is 0.378 e. The molecular formula is C15H19BrO. The Labute approximate surface area is 112 Å². The van der Waals surface area contributed by atoms with Gasteiger partial charge >= 0.3 is 0 Å². The first-order chi connectivity index (χ1) is 7.74. The predicted molar refractivity (Wildman–Crippen MR) is 76.2 cm³/mol. The number of aliphatic hydroxyl groups is 1. The number of hydrogen-bond acceptors (Lipinski definition) is 1. The van der Waals surface area contributed by atoms with Crippen LogP contribution in [0.3, 0.4) is 0 Å². The molecule has 0 aromatic heterocycles. The van der Waals surface area contributed by atoms with Gasteiger partial charge in [-0.15, -0.1) is 0 Å². The molecular weight excluding hydrogens is 276 g/mol. The van der Waals surface area contributed by atoms with Crippen molar-refractivity contribution in [1.29, 1.82) is 0 Å². The van der Waals surface area contributed by atoms with Gasteiger partial charge in [0, 0.05) is 22.4 Å². The number of hydrogen-bond donors (Lipinski definition) is 1. The summed E-state index contributed by atoms with van der Waals surface area (Å²) in [5.41, 5.74) is 1.58. The van der Waals surface area contributed by atoms with Gasteiger partial charge in [0.05, 0.1) is 0 Å². The van der Waals surface area contributed by atoms with E-state index in [4.69, 9.17) is 0 Å². The van der Waals surface area contributed by atoms with Crippen molar-refractivity contribution in [3.8, 4) is 10.8 Å². The zero-order chi connectivity index (χ0) is 13.1. The molecule has 1 aromatic carbocycles. The quantitative estimate of drug-likeness (QED) is 0.826. The second kappa shape index (κ2) is 5.25. The van der Waals surface area contributed by atoms with Crippen LogP contribution in [0.25, 0.3) is 0 Å². The van der Waals surface area contributed by atoms with Gasteiger partial charge < -0.3 is 5.11 Å². The molecule has 0 aliphatic rings. The maximum absolute atomic E-state index is 9.99. The van der Waals surface area contributed by atoms with E-state index in [2.05, 4.69) is 71.7 Å². The zero-order valence-electron chi connectivity index (χ0n) is 10.8. The molecule has 1 atom stereocenters. The van der Waals surface area contributed by atoms with Gasteiger partial charge in [0.1, 0.15) is 5.60 Å². The summed E-state index contributed by atoms with van der Waals surface area (Å²) in [6, 6.07) is 8.36. The molecule has 1 unspecified atom stereocenters. The van der Waals surface area contributed by atoms with Crippen molar-refractivity contribution >= 4 is 15.9 Å². The lowest BCUT2D eigenvalue weighted by molar-refractivity contribution is 0.123. The molecule has 0 aliphatic carbocycles. The van der Waals surface area contributed by atoms with Crippen LogP contribution in [0.15, 0.2) is 24.3 Å². The first-order valence-electron chi connectivity index (χ1n) is 5.69. The highest BCUT2D eigenvalue weighted by Gasteiger charge is 2.18. The standard InChI is InChI=1S/C15H19BrO/c1-14(2,3)13-7-5-12(6-8-13)11-15(4,17)9-10-16/h5-8,17H,11H2,1-4H3. The Kier molecular flexibility index (Phi) is 4.41. The zero-order valence-corrected chi connectivity index (χ0v) is 12.4. The molecule has 1 rings (SSSR count). The maximum atomic E-state index is 9.99. The van der Waals surface area contributed by atoms with Crippen molar-refractivity contribution < 1.29 is 5.11 Å². The summed E-state index contributed by atoms with van der Waals surface area (Å²) in [4.78, 5) is 2.58. The molecule has 1 N–H and O–H groups in total. The van der Waals surface area contributed by atoms with Crippen molar-refractivity contribution in [2.24, 2.45) is 0 Å². The van der Waals surface area contributed by atoms with Gasteiger partial charge in [-0.2, -0.15) is 0 Å². The Morgan fingerprint density at radius 2 is 1.65 bits per heavy atom. The predicted octanol–water partition coefficient (Wildman–Crippen LogP) is 3.63. The first-order valence-corrected chi connectivity index (χ1v) is 6.48. The summed E-state index contributed by atoms with van der Waals surface area (Å²) >= 11 is 3.02. The highest BCUT2D eigenvalue weighted by molar-refractivity contribution is 9.12. The van der Waals surface area contributed by atoms with Gasteiger partial charge in [0.15, 0.2) is 0 Å². The first kappa shape index (κ1) is 14.3. The Morgan fingerprint density at radius 3 is 2.06 bits per heavy atom. The molecule has 0 radical (unpaired) electrons. The van der Waals surface area contributed by atoms with Crippen molar-refractivity contribution in [2.75, 3.05) is 0 Å². The Morgan fingerprint density at radius 1 is 1.12 bits per heavy atom. The fourth-order valence-electron chi connectivity index (χ4n) is 1.67. The van der Waals surface area contributed by atoms with E-state index in [9.17, 15) is 5.11 Å². The van der Waals surface area contributed by atoms with Gasteiger partial charge in [0.25, 0.3) is 0 Å². The van der Waals surface area contributed by atoms with E-state index in [1.165, 1.54) is 5.56 Å². The van der Waals surface area contributed by atoms with Crippen molar-refractivity contribution in [2.45, 2.75) is 45.1 Å². The highest BCUT2D eigenvalue weighted by atomic mass is 79.9. The van der Waals surface area contributed by atoms with Crippen LogP contribution in [0.5, 0.6) is 0 Å². The molecule has 2 heteroatoms. The third kappa shape index (κ3) is 4.53. The average Bonchev–Trinajstić information content (AvgIpc) is 2.16. The summed E-state index contributed by atoms with van der Waals surface area (Å²) in [6.45, 7) is 8.29. The number of benzene rings is 1. The summed E-state index contributed by atoms with van der Waals surface area (Å²) in [6.07, 6.45) is 0.538.